The maximum absolute atomic E-state index is 13.9. The number of nitrogens with zero attached hydrogens (tertiary/aromatic N) is 2. The van der Waals surface area contributed by atoms with Crippen LogP contribution in [0.3, 0.4) is 0 Å². The number of carboxylic acid groups (broad SMARTS) is 1. The molecule has 1 aromatic rings. The van der Waals surface area contributed by atoms with E-state index in [1.807, 2.05) is 0 Å². The largest absolute Gasteiger partial charge is 0.480 e. The van der Waals surface area contributed by atoms with Crippen molar-refractivity contribution in [2.24, 2.45) is 0 Å². The minimum atomic E-state index is -0.971. The quantitative estimate of drug-likeness (QED) is 0.853. The second-order valence-electron chi connectivity index (χ2n) is 5.42. The Labute approximate surface area is 124 Å². The van der Waals surface area contributed by atoms with Crippen molar-refractivity contribution < 1.29 is 14.3 Å². The number of aliphatic carboxylic acids is 1. The Morgan fingerprint density at radius 1 is 1.43 bits per heavy atom. The van der Waals surface area contributed by atoms with E-state index in [9.17, 15) is 9.18 Å². The molecule has 1 aliphatic heterocycles. The Morgan fingerprint density at radius 3 is 3.00 bits per heavy atom. The van der Waals surface area contributed by atoms with E-state index >= 15 is 0 Å². The first-order valence-electron chi connectivity index (χ1n) is 7.20. The number of benzene rings is 1. The molecule has 1 aliphatic rings. The van der Waals surface area contributed by atoms with Gasteiger partial charge < -0.3 is 15.3 Å². The van der Waals surface area contributed by atoms with Crippen LogP contribution < -0.4 is 10.2 Å². The van der Waals surface area contributed by atoms with Gasteiger partial charge in [-0.25, -0.2) is 4.39 Å². The van der Waals surface area contributed by atoms with Crippen molar-refractivity contribution in [2.45, 2.75) is 13.0 Å². The monoisotopic (exact) mass is 295 g/mol. The van der Waals surface area contributed by atoms with E-state index in [-0.39, 0.29) is 12.4 Å². The Kier molecular flexibility index (Phi) is 5.52. The first-order valence-corrected chi connectivity index (χ1v) is 7.20. The van der Waals surface area contributed by atoms with Crippen LogP contribution >= 0.6 is 0 Å². The molecule has 2 N–H and O–H groups in total. The highest BCUT2D eigenvalue weighted by Gasteiger charge is 2.14. The Hall–Kier alpha value is -1.66. The third kappa shape index (κ3) is 4.68. The van der Waals surface area contributed by atoms with Gasteiger partial charge in [-0.3, -0.25) is 9.69 Å². The molecule has 0 radical (unpaired) electrons. The van der Waals surface area contributed by atoms with Gasteiger partial charge in [-0.15, -0.1) is 0 Å². The van der Waals surface area contributed by atoms with Gasteiger partial charge in [0, 0.05) is 26.7 Å². The van der Waals surface area contributed by atoms with Crippen molar-refractivity contribution in [3.8, 4) is 0 Å². The van der Waals surface area contributed by atoms with Crippen molar-refractivity contribution in [3.63, 3.8) is 0 Å². The summed E-state index contributed by atoms with van der Waals surface area (Å²) in [7, 11) is 1.59. The summed E-state index contributed by atoms with van der Waals surface area (Å²) in [6, 6.07) is 4.93. The van der Waals surface area contributed by atoms with Crippen molar-refractivity contribution in [1.82, 2.24) is 10.2 Å². The van der Waals surface area contributed by atoms with Gasteiger partial charge in [-0.1, -0.05) is 6.07 Å². The van der Waals surface area contributed by atoms with Gasteiger partial charge >= 0.3 is 5.97 Å². The SMILES string of the molecule is CN(CC(=O)O)c1cc(CN2CCCNCC2)ccc1F. The molecule has 1 heterocycles. The molecule has 116 valence electrons. The van der Waals surface area contributed by atoms with E-state index in [2.05, 4.69) is 10.2 Å². The lowest BCUT2D eigenvalue weighted by Gasteiger charge is -2.22. The fraction of sp³-hybridized carbons (Fsp3) is 0.533. The molecule has 0 unspecified atom stereocenters. The van der Waals surface area contributed by atoms with Crippen LogP contribution in [0.25, 0.3) is 0 Å². The van der Waals surface area contributed by atoms with Gasteiger partial charge in [-0.05, 0) is 37.2 Å². The zero-order valence-corrected chi connectivity index (χ0v) is 12.3. The van der Waals surface area contributed by atoms with E-state index in [1.165, 1.54) is 11.0 Å². The molecule has 1 fully saturated rings. The second-order valence-corrected chi connectivity index (χ2v) is 5.42. The number of carboxylic acids is 1. The summed E-state index contributed by atoms with van der Waals surface area (Å²) in [6.45, 7) is 4.53. The summed E-state index contributed by atoms with van der Waals surface area (Å²) < 4.78 is 13.9. The van der Waals surface area contributed by atoms with Crippen LogP contribution in [0, 0.1) is 5.82 Å². The molecule has 6 heteroatoms. The van der Waals surface area contributed by atoms with Gasteiger partial charge in [-0.2, -0.15) is 0 Å². The third-order valence-corrected chi connectivity index (χ3v) is 3.63. The Balaban J connectivity index is 2.08. The number of anilines is 1. The molecule has 0 spiro atoms. The lowest BCUT2D eigenvalue weighted by molar-refractivity contribution is -0.135. The summed E-state index contributed by atoms with van der Waals surface area (Å²) in [4.78, 5) is 14.5. The topological polar surface area (TPSA) is 55.8 Å². The van der Waals surface area contributed by atoms with E-state index in [1.54, 1.807) is 19.2 Å². The molecule has 0 aliphatic carbocycles. The average Bonchev–Trinajstić information content (AvgIpc) is 2.68. The van der Waals surface area contributed by atoms with Gasteiger partial charge in [0.05, 0.1) is 5.69 Å². The number of likely N-dealkylation sites (N-methyl/N-ethyl adjacent to an activating group) is 1. The molecule has 1 aromatic carbocycles. The first-order chi connectivity index (χ1) is 10.1. The summed E-state index contributed by atoms with van der Waals surface area (Å²) in [5.74, 6) is -1.36. The molecule has 0 amide bonds. The zero-order chi connectivity index (χ0) is 15.2. The van der Waals surface area contributed by atoms with Gasteiger partial charge in [0.25, 0.3) is 0 Å². The molecule has 1 saturated heterocycles. The summed E-state index contributed by atoms with van der Waals surface area (Å²) in [5, 5.41) is 12.2. The molecule has 0 bridgehead atoms. The van der Waals surface area contributed by atoms with Gasteiger partial charge in [0.1, 0.15) is 12.4 Å². The fourth-order valence-corrected chi connectivity index (χ4v) is 2.56. The minimum Gasteiger partial charge on any atom is -0.480 e. The Morgan fingerprint density at radius 2 is 2.24 bits per heavy atom. The highest BCUT2D eigenvalue weighted by atomic mass is 19.1. The van der Waals surface area contributed by atoms with Crippen LogP contribution in [0.1, 0.15) is 12.0 Å². The van der Waals surface area contributed by atoms with Gasteiger partial charge in [0.15, 0.2) is 0 Å². The normalized spacial score (nSPS) is 16.5. The summed E-state index contributed by atoms with van der Waals surface area (Å²) >= 11 is 0. The lowest BCUT2D eigenvalue weighted by atomic mass is 10.1. The maximum Gasteiger partial charge on any atom is 0.323 e. The van der Waals surface area contributed by atoms with E-state index in [0.29, 0.717) is 5.69 Å². The second kappa shape index (κ2) is 7.38. The van der Waals surface area contributed by atoms with Gasteiger partial charge in [0.2, 0.25) is 0 Å². The molecule has 0 aromatic heterocycles. The number of nitrogens with one attached hydrogen (secondary N) is 1. The predicted molar refractivity (Wildman–Crippen MR) is 80.1 cm³/mol. The van der Waals surface area contributed by atoms with Crippen molar-refractivity contribution in [1.29, 1.82) is 0 Å². The molecule has 0 atom stereocenters. The zero-order valence-electron chi connectivity index (χ0n) is 12.3. The molecule has 21 heavy (non-hydrogen) atoms. The third-order valence-electron chi connectivity index (χ3n) is 3.63. The molecule has 5 nitrogen and oxygen atoms in total. The first kappa shape index (κ1) is 15.7. The number of rotatable bonds is 5. The van der Waals surface area contributed by atoms with Crippen LogP contribution in [0.15, 0.2) is 18.2 Å². The highest BCUT2D eigenvalue weighted by Crippen LogP contribution is 2.21. The lowest BCUT2D eigenvalue weighted by Crippen LogP contribution is -2.28. The predicted octanol–water partition coefficient (Wildman–Crippen LogP) is 1.14. The van der Waals surface area contributed by atoms with E-state index in [0.717, 1.165) is 44.7 Å². The Bertz CT molecular complexity index is 488. The van der Waals surface area contributed by atoms with E-state index < -0.39 is 5.97 Å². The fourth-order valence-electron chi connectivity index (χ4n) is 2.56. The van der Waals surface area contributed by atoms with E-state index in [4.69, 9.17) is 5.11 Å². The van der Waals surface area contributed by atoms with Crippen LogP contribution in [0.5, 0.6) is 0 Å². The molecular weight excluding hydrogens is 273 g/mol. The summed E-state index contributed by atoms with van der Waals surface area (Å²) in [5.41, 5.74) is 1.34. The smallest absolute Gasteiger partial charge is 0.323 e. The maximum atomic E-state index is 13.9. The molecular formula is C15H22FN3O2. The van der Waals surface area contributed by atoms with Crippen LogP contribution in [-0.2, 0) is 11.3 Å². The van der Waals surface area contributed by atoms with Crippen LogP contribution in [0.2, 0.25) is 0 Å². The van der Waals surface area contributed by atoms with Crippen LogP contribution in [0.4, 0.5) is 10.1 Å². The van der Waals surface area contributed by atoms with Crippen molar-refractivity contribution in [2.75, 3.05) is 44.7 Å². The van der Waals surface area contributed by atoms with Crippen molar-refractivity contribution in [3.05, 3.63) is 29.6 Å². The number of carbonyl (C=O) groups is 1. The molecule has 0 saturated carbocycles. The van der Waals surface area contributed by atoms with Crippen molar-refractivity contribution >= 4 is 11.7 Å². The number of halogens is 1. The standard InChI is InChI=1S/C15H22FN3O2/c1-18(11-15(20)21)14-9-12(3-4-13(14)16)10-19-7-2-5-17-6-8-19/h3-4,9,17H,2,5-8,10-11H2,1H3,(H,20,21). The average molecular weight is 295 g/mol. The number of hydrogen-bond acceptors (Lipinski definition) is 4. The molecule has 2 rings (SSSR count). The minimum absolute atomic E-state index is 0.214. The summed E-state index contributed by atoms with van der Waals surface area (Å²) in [6.07, 6.45) is 1.10. The highest BCUT2D eigenvalue weighted by molar-refractivity contribution is 5.73. The van der Waals surface area contributed by atoms with Crippen LogP contribution in [-0.4, -0.2) is 55.7 Å². The number of hydrogen-bond donors (Lipinski definition) is 2.